The normalized spacial score (nSPS) is 10.2. The van der Waals surface area contributed by atoms with Crippen molar-refractivity contribution in [3.63, 3.8) is 0 Å². The number of halogens is 2. The number of nitrogens with zero attached hydrogens (tertiary/aromatic N) is 2. The van der Waals surface area contributed by atoms with Crippen LogP contribution in [-0.4, -0.2) is 9.91 Å². The molecule has 0 aliphatic carbocycles. The van der Waals surface area contributed by atoms with E-state index in [1.165, 1.54) is 18.3 Å². The van der Waals surface area contributed by atoms with E-state index in [2.05, 4.69) is 20.9 Å². The molecule has 0 saturated heterocycles. The summed E-state index contributed by atoms with van der Waals surface area (Å²) < 4.78 is 18.6. The van der Waals surface area contributed by atoms with Gasteiger partial charge in [-0.1, -0.05) is 0 Å². The molecular weight excluding hydrogens is 321 g/mol. The fourth-order valence-electron chi connectivity index (χ4n) is 1.34. The van der Waals surface area contributed by atoms with Crippen molar-refractivity contribution >= 4 is 27.3 Å². The highest BCUT2D eigenvalue weighted by molar-refractivity contribution is 9.10. The Hall–Kier alpha value is -2.22. The second-order valence-corrected chi connectivity index (χ2v) is 4.37. The number of anilines is 1. The minimum Gasteiger partial charge on any atom is -0.432 e. The van der Waals surface area contributed by atoms with Gasteiger partial charge in [0.15, 0.2) is 0 Å². The van der Waals surface area contributed by atoms with Crippen LogP contribution in [0.15, 0.2) is 34.9 Å². The van der Waals surface area contributed by atoms with E-state index >= 15 is 0 Å². The SMILES string of the molecule is Nc1ccnc(Oc2cc(F)c(Br)cc2[N+](=O)[O-])c1. The van der Waals surface area contributed by atoms with Crippen LogP contribution in [0.1, 0.15) is 0 Å². The van der Waals surface area contributed by atoms with Gasteiger partial charge in [0.1, 0.15) is 5.82 Å². The molecule has 0 fully saturated rings. The van der Waals surface area contributed by atoms with E-state index < -0.39 is 10.7 Å². The maximum absolute atomic E-state index is 13.4. The molecule has 2 rings (SSSR count). The van der Waals surface area contributed by atoms with E-state index in [0.717, 1.165) is 12.1 Å². The zero-order valence-corrected chi connectivity index (χ0v) is 10.9. The number of hydrogen-bond acceptors (Lipinski definition) is 5. The van der Waals surface area contributed by atoms with Gasteiger partial charge in [0.05, 0.1) is 9.40 Å². The van der Waals surface area contributed by atoms with Gasteiger partial charge in [-0.15, -0.1) is 0 Å². The quantitative estimate of drug-likeness (QED) is 0.690. The van der Waals surface area contributed by atoms with Gasteiger partial charge in [-0.3, -0.25) is 10.1 Å². The van der Waals surface area contributed by atoms with Gasteiger partial charge in [-0.2, -0.15) is 0 Å². The smallest absolute Gasteiger partial charge is 0.312 e. The van der Waals surface area contributed by atoms with Gasteiger partial charge in [-0.05, 0) is 22.0 Å². The lowest BCUT2D eigenvalue weighted by molar-refractivity contribution is -0.385. The summed E-state index contributed by atoms with van der Waals surface area (Å²) in [5.74, 6) is -0.877. The molecule has 0 amide bonds. The fraction of sp³-hybridized carbons (Fsp3) is 0. The topological polar surface area (TPSA) is 91.3 Å². The van der Waals surface area contributed by atoms with Crippen LogP contribution in [0.3, 0.4) is 0 Å². The average Bonchev–Trinajstić information content (AvgIpc) is 2.33. The Balaban J connectivity index is 2.44. The molecule has 2 aromatic rings. The summed E-state index contributed by atoms with van der Waals surface area (Å²) in [4.78, 5) is 14.0. The number of nitro benzene ring substituents is 1. The lowest BCUT2D eigenvalue weighted by Crippen LogP contribution is -1.97. The van der Waals surface area contributed by atoms with Crippen molar-refractivity contribution in [1.82, 2.24) is 4.98 Å². The second kappa shape index (κ2) is 5.19. The molecule has 98 valence electrons. The summed E-state index contributed by atoms with van der Waals surface area (Å²) in [5, 5.41) is 10.9. The highest BCUT2D eigenvalue weighted by Crippen LogP contribution is 2.35. The standard InChI is InChI=1S/C11H7BrFN3O3/c12-7-4-9(16(17)18)10(5-8(7)13)19-11-3-6(14)1-2-15-11/h1-5H,(H2,14,15). The highest BCUT2D eigenvalue weighted by atomic mass is 79.9. The van der Waals surface area contributed by atoms with Crippen molar-refractivity contribution in [2.75, 3.05) is 5.73 Å². The van der Waals surface area contributed by atoms with Crippen molar-refractivity contribution in [3.8, 4) is 11.6 Å². The molecule has 0 radical (unpaired) electrons. The number of nitrogen functional groups attached to an aromatic ring is 1. The first-order valence-corrected chi connectivity index (χ1v) is 5.79. The zero-order chi connectivity index (χ0) is 14.0. The summed E-state index contributed by atoms with van der Waals surface area (Å²) in [6.45, 7) is 0. The van der Waals surface area contributed by atoms with Crippen LogP contribution < -0.4 is 10.5 Å². The molecule has 2 N–H and O–H groups in total. The molecular formula is C11H7BrFN3O3. The molecule has 1 aromatic heterocycles. The number of pyridine rings is 1. The molecule has 1 heterocycles. The summed E-state index contributed by atoms with van der Waals surface area (Å²) in [6, 6.07) is 4.84. The van der Waals surface area contributed by atoms with Gasteiger partial charge in [-0.25, -0.2) is 9.37 Å². The Morgan fingerprint density at radius 1 is 1.42 bits per heavy atom. The molecule has 19 heavy (non-hydrogen) atoms. The van der Waals surface area contributed by atoms with Crippen LogP contribution in [0.4, 0.5) is 15.8 Å². The van der Waals surface area contributed by atoms with Crippen molar-refractivity contribution in [1.29, 1.82) is 0 Å². The van der Waals surface area contributed by atoms with Gasteiger partial charge in [0, 0.05) is 30.1 Å². The summed E-state index contributed by atoms with van der Waals surface area (Å²) in [7, 11) is 0. The third kappa shape index (κ3) is 2.97. The van der Waals surface area contributed by atoms with Crippen molar-refractivity contribution in [2.45, 2.75) is 0 Å². The monoisotopic (exact) mass is 327 g/mol. The van der Waals surface area contributed by atoms with Crippen molar-refractivity contribution in [2.24, 2.45) is 0 Å². The van der Waals surface area contributed by atoms with Crippen LogP contribution in [0, 0.1) is 15.9 Å². The molecule has 0 saturated carbocycles. The molecule has 0 bridgehead atoms. The van der Waals surface area contributed by atoms with Crippen LogP contribution in [0.5, 0.6) is 11.6 Å². The number of hydrogen-bond donors (Lipinski definition) is 1. The Labute approximate surface area is 115 Å². The Bertz CT molecular complexity index is 651. The van der Waals surface area contributed by atoms with E-state index in [4.69, 9.17) is 10.5 Å². The molecule has 0 aliphatic heterocycles. The first kappa shape index (κ1) is 13.2. The molecule has 0 unspecified atom stereocenters. The van der Waals surface area contributed by atoms with Crippen LogP contribution in [-0.2, 0) is 0 Å². The summed E-state index contributed by atoms with van der Waals surface area (Å²) >= 11 is 2.87. The predicted octanol–water partition coefficient (Wildman–Crippen LogP) is 3.27. The molecule has 0 aliphatic rings. The number of nitro groups is 1. The average molecular weight is 328 g/mol. The van der Waals surface area contributed by atoms with Crippen molar-refractivity contribution in [3.05, 3.63) is 50.9 Å². The van der Waals surface area contributed by atoms with Crippen LogP contribution >= 0.6 is 15.9 Å². The van der Waals surface area contributed by atoms with Gasteiger partial charge >= 0.3 is 5.69 Å². The van der Waals surface area contributed by atoms with Crippen LogP contribution in [0.2, 0.25) is 0 Å². The number of rotatable bonds is 3. The molecule has 6 nitrogen and oxygen atoms in total. The number of nitrogens with two attached hydrogens (primary N) is 1. The predicted molar refractivity (Wildman–Crippen MR) is 69.5 cm³/mol. The lowest BCUT2D eigenvalue weighted by atomic mass is 10.3. The third-order valence-electron chi connectivity index (χ3n) is 2.17. The minimum atomic E-state index is -0.676. The maximum atomic E-state index is 13.4. The lowest BCUT2D eigenvalue weighted by Gasteiger charge is -2.06. The van der Waals surface area contributed by atoms with E-state index in [1.54, 1.807) is 0 Å². The van der Waals surface area contributed by atoms with E-state index in [9.17, 15) is 14.5 Å². The highest BCUT2D eigenvalue weighted by Gasteiger charge is 2.20. The number of aromatic nitrogens is 1. The zero-order valence-electron chi connectivity index (χ0n) is 9.34. The fourth-order valence-corrected chi connectivity index (χ4v) is 1.67. The minimum absolute atomic E-state index is 0.0212. The molecule has 8 heteroatoms. The van der Waals surface area contributed by atoms with Crippen molar-refractivity contribution < 1.29 is 14.1 Å². The Kier molecular flexibility index (Phi) is 3.61. The van der Waals surface area contributed by atoms with Gasteiger partial charge < -0.3 is 10.5 Å². The third-order valence-corrected chi connectivity index (χ3v) is 2.78. The first-order valence-electron chi connectivity index (χ1n) is 5.00. The number of ether oxygens (including phenoxy) is 1. The molecule has 0 atom stereocenters. The Morgan fingerprint density at radius 3 is 2.79 bits per heavy atom. The Morgan fingerprint density at radius 2 is 2.16 bits per heavy atom. The van der Waals surface area contributed by atoms with Gasteiger partial charge in [0.25, 0.3) is 0 Å². The second-order valence-electron chi connectivity index (χ2n) is 3.52. The summed E-state index contributed by atoms with van der Waals surface area (Å²) in [6.07, 6.45) is 1.38. The van der Waals surface area contributed by atoms with E-state index in [1.807, 2.05) is 0 Å². The van der Waals surface area contributed by atoms with E-state index in [0.29, 0.717) is 5.69 Å². The number of benzene rings is 1. The molecule has 1 aromatic carbocycles. The van der Waals surface area contributed by atoms with E-state index in [-0.39, 0.29) is 21.8 Å². The summed E-state index contributed by atoms with van der Waals surface area (Å²) in [5.41, 5.74) is 5.53. The van der Waals surface area contributed by atoms with Gasteiger partial charge in [0.2, 0.25) is 11.6 Å². The maximum Gasteiger partial charge on any atom is 0.312 e. The molecule has 0 spiro atoms. The largest absolute Gasteiger partial charge is 0.432 e. The van der Waals surface area contributed by atoms with Crippen LogP contribution in [0.25, 0.3) is 0 Å². The first-order chi connectivity index (χ1) is 8.97.